The number of benzene rings is 1. The summed E-state index contributed by atoms with van der Waals surface area (Å²) in [6.07, 6.45) is -38.8. The van der Waals surface area contributed by atoms with E-state index in [1.54, 1.807) is 6.08 Å². The van der Waals surface area contributed by atoms with Crippen LogP contribution in [0.5, 0.6) is 0 Å². The van der Waals surface area contributed by atoms with E-state index >= 15 is 0 Å². The van der Waals surface area contributed by atoms with Crippen molar-refractivity contribution in [1.29, 1.82) is 0 Å². The predicted molar refractivity (Wildman–Crippen MR) is 245 cm³/mol. The van der Waals surface area contributed by atoms with Crippen LogP contribution < -0.4 is 0 Å². The maximum Gasteiger partial charge on any atom is 0.221 e. The first-order chi connectivity index (χ1) is 35.3. The lowest BCUT2D eigenvalue weighted by atomic mass is 9.95. The van der Waals surface area contributed by atoms with Crippen molar-refractivity contribution < 1.29 is 129 Å². The first-order valence-electron chi connectivity index (χ1n) is 24.7. The van der Waals surface area contributed by atoms with Gasteiger partial charge in [-0.2, -0.15) is 0 Å². The topological polar surface area (TPSA) is 427 Å². The number of unbranched alkanes of at least 4 members (excludes halogenated alkanes) is 4. The van der Waals surface area contributed by atoms with Crippen LogP contribution in [-0.4, -0.2) is 286 Å². The van der Waals surface area contributed by atoms with Gasteiger partial charge in [0.1, 0.15) is 122 Å². The van der Waals surface area contributed by atoms with Crippen molar-refractivity contribution in [1.82, 2.24) is 4.90 Å². The van der Waals surface area contributed by atoms with Gasteiger partial charge in [0.2, 0.25) is 5.91 Å². The summed E-state index contributed by atoms with van der Waals surface area (Å²) in [5, 5.41) is 171. The van der Waals surface area contributed by atoms with E-state index in [0.717, 1.165) is 37.7 Å². The Hall–Kier alpha value is -2.57. The van der Waals surface area contributed by atoms with Crippen molar-refractivity contribution in [2.24, 2.45) is 0 Å². The molecule has 5 aliphatic heterocycles. The van der Waals surface area contributed by atoms with Crippen LogP contribution in [-0.2, 0) is 53.8 Å². The van der Waals surface area contributed by atoms with E-state index in [9.17, 15) is 86.5 Å². The second-order valence-corrected chi connectivity index (χ2v) is 19.1. The van der Waals surface area contributed by atoms with Gasteiger partial charge in [-0.1, -0.05) is 56.2 Å². The van der Waals surface area contributed by atoms with Crippen molar-refractivity contribution in [3.63, 3.8) is 0 Å². The Bertz CT molecular complexity index is 1850. The summed E-state index contributed by atoms with van der Waals surface area (Å²) in [6, 6.07) is 8.15. The number of nitrogens with zero attached hydrogens (tertiary/aromatic N) is 1. The lowest BCUT2D eigenvalue weighted by molar-refractivity contribution is -0.392. The lowest BCUT2D eigenvalue weighted by Gasteiger charge is -2.50. The second-order valence-electron chi connectivity index (χ2n) is 19.1. The van der Waals surface area contributed by atoms with E-state index in [-0.39, 0.29) is 6.54 Å². The maximum atomic E-state index is 12.8. The molecule has 1 amide bonds. The van der Waals surface area contributed by atoms with Gasteiger partial charge in [-0.05, 0) is 30.4 Å². The number of carbonyl (C=O) groups is 1. The van der Waals surface area contributed by atoms with Crippen molar-refractivity contribution in [2.45, 2.75) is 199 Å². The summed E-state index contributed by atoms with van der Waals surface area (Å²) < 4.78 is 51.0. The van der Waals surface area contributed by atoms with Gasteiger partial charge in [0.05, 0.1) is 33.0 Å². The zero-order valence-electron chi connectivity index (χ0n) is 40.7. The van der Waals surface area contributed by atoms with Crippen LogP contribution in [0.1, 0.15) is 50.2 Å². The monoisotopic (exact) mass is 1070 g/mol. The third kappa shape index (κ3) is 13.8. The van der Waals surface area contributed by atoms with E-state index in [4.69, 9.17) is 42.6 Å². The molecule has 0 aromatic heterocycles. The Morgan fingerprint density at radius 3 is 1.22 bits per heavy atom. The number of ether oxygens (including phenoxy) is 9. The van der Waals surface area contributed by atoms with Crippen LogP contribution in [0.25, 0.3) is 6.08 Å². The van der Waals surface area contributed by atoms with E-state index in [1.807, 2.05) is 12.1 Å². The summed E-state index contributed by atoms with van der Waals surface area (Å²) >= 11 is 0. The molecule has 25 atom stereocenters. The number of hydrogen-bond donors (Lipinski definition) is 16. The smallest absolute Gasteiger partial charge is 0.221 e. The van der Waals surface area contributed by atoms with E-state index < -0.39 is 192 Å². The summed E-state index contributed by atoms with van der Waals surface area (Å²) in [7, 11) is 0. The number of aryl methyl sites for hydroxylation is 1. The average Bonchev–Trinajstić information content (AvgIpc) is 3.40. The molecule has 5 saturated heterocycles. The fraction of sp³-hybridized carbons (Fsp3) is 0.809. The summed E-state index contributed by atoms with van der Waals surface area (Å²) in [6.45, 7) is 0.649. The van der Waals surface area contributed by atoms with Gasteiger partial charge in [0, 0.05) is 13.5 Å². The molecule has 0 aliphatic carbocycles. The van der Waals surface area contributed by atoms with Crippen LogP contribution in [0.3, 0.4) is 0 Å². The molecule has 5 fully saturated rings. The number of aliphatic hydroxyl groups excluding tert-OH is 16. The van der Waals surface area contributed by atoms with Gasteiger partial charge >= 0.3 is 0 Å². The van der Waals surface area contributed by atoms with Crippen LogP contribution in [0.4, 0.5) is 0 Å². The molecular weight excluding hydrogens is 994 g/mol. The molecule has 0 spiro atoms. The molecule has 27 heteroatoms. The Kier molecular flexibility index (Phi) is 22.8. The molecule has 6 rings (SSSR count). The standard InChI is InChI=1S/C47H75NO26/c1-3-21-10-12-22(13-11-21)9-7-5-4-6-8-14-48(20(2)54)43-34(61)30(57)39(24(16-50)66-43)71-45-36(63)32(59)41(26(18-52)68-45)73-47-38(65)33(60)42(27(19-53)70-47)74-46-37(64)31(58)40(25(17-51)69-46)72-44-35(62)29(56)28(55)23(15-49)67-44/h3,10-13,23-47,49-53,55-65H,1,4-9,14-19H2,2H3/t23-,24-,25-,26-,27-,28-,29+,30-,31-,32-,33-,34-,35-,36-,37-,38-,39-,40-,41-,42-,43+,44-,45-,46-,47-/m1/s1. The molecule has 424 valence electrons. The second kappa shape index (κ2) is 27.8. The largest absolute Gasteiger partial charge is 0.394 e. The Balaban J connectivity index is 1.02. The van der Waals surface area contributed by atoms with Crippen LogP contribution in [0, 0.1) is 0 Å². The fourth-order valence-corrected chi connectivity index (χ4v) is 9.72. The SMILES string of the molecule is C=Cc1ccc(CCCCCCCN(C(C)=O)[C@H]2O[C@H](CO)[C@@H](O[C@H]3O[C@H](CO)[C@@H](O[C@H]4O[C@H](CO)[C@@H](O[C@H]5O[C@H](CO)[C@@H](O[C@H]6O[C@H](CO)[C@@H](O)[C@H](O)[C@H]6O)[C@H](O)[C@H]5O)[C@H](O)[C@H]4O)[C@H](O)[C@H]3O)[C@H](O)[C@H]2O)cc1. The summed E-state index contributed by atoms with van der Waals surface area (Å²) in [5.74, 6) is -0.480. The zero-order valence-corrected chi connectivity index (χ0v) is 40.7. The Morgan fingerprint density at radius 2 is 0.824 bits per heavy atom. The van der Waals surface area contributed by atoms with Crippen LogP contribution in [0.15, 0.2) is 30.8 Å². The highest BCUT2D eigenvalue weighted by Gasteiger charge is 2.57. The molecule has 1 aromatic carbocycles. The molecular formula is C47H75NO26. The number of aliphatic hydroxyl groups is 16. The molecule has 27 nitrogen and oxygen atoms in total. The molecule has 0 saturated carbocycles. The molecule has 5 aliphatic rings. The van der Waals surface area contributed by atoms with Crippen LogP contribution >= 0.6 is 0 Å². The van der Waals surface area contributed by atoms with E-state index in [0.29, 0.717) is 6.42 Å². The summed E-state index contributed by atoms with van der Waals surface area (Å²) in [5.41, 5.74) is 2.26. The van der Waals surface area contributed by atoms with Gasteiger partial charge in [0.25, 0.3) is 0 Å². The van der Waals surface area contributed by atoms with Crippen molar-refractivity contribution in [2.75, 3.05) is 39.6 Å². The molecule has 0 bridgehead atoms. The lowest BCUT2D eigenvalue weighted by Crippen LogP contribution is -2.68. The predicted octanol–water partition coefficient (Wildman–Crippen LogP) is -7.23. The Morgan fingerprint density at radius 1 is 0.473 bits per heavy atom. The van der Waals surface area contributed by atoms with Gasteiger partial charge in [-0.25, -0.2) is 0 Å². The minimum atomic E-state index is -2.14. The highest BCUT2D eigenvalue weighted by Crippen LogP contribution is 2.36. The minimum Gasteiger partial charge on any atom is -0.394 e. The molecule has 0 unspecified atom stereocenters. The first kappa shape index (κ1) is 60.7. The molecule has 74 heavy (non-hydrogen) atoms. The Labute approximate surface area is 425 Å². The highest BCUT2D eigenvalue weighted by atomic mass is 16.8. The highest BCUT2D eigenvalue weighted by molar-refractivity contribution is 5.73. The third-order valence-corrected chi connectivity index (χ3v) is 14.1. The quantitative estimate of drug-likeness (QED) is 0.0453. The number of carbonyl (C=O) groups excluding carboxylic acids is 1. The fourth-order valence-electron chi connectivity index (χ4n) is 9.72. The van der Waals surface area contributed by atoms with Crippen LogP contribution in [0.2, 0.25) is 0 Å². The van der Waals surface area contributed by atoms with Crippen molar-refractivity contribution in [3.8, 4) is 0 Å². The first-order valence-corrected chi connectivity index (χ1v) is 24.7. The zero-order chi connectivity index (χ0) is 54.1. The van der Waals surface area contributed by atoms with Gasteiger partial charge in [-0.3, -0.25) is 4.79 Å². The normalized spacial score (nSPS) is 43.0. The number of amides is 1. The third-order valence-electron chi connectivity index (χ3n) is 14.1. The minimum absolute atomic E-state index is 0.152. The van der Waals surface area contributed by atoms with Gasteiger partial charge in [0.15, 0.2) is 31.4 Å². The maximum absolute atomic E-state index is 12.8. The van der Waals surface area contributed by atoms with Crippen molar-refractivity contribution in [3.05, 3.63) is 42.0 Å². The van der Waals surface area contributed by atoms with E-state index in [2.05, 4.69) is 18.7 Å². The van der Waals surface area contributed by atoms with E-state index in [1.165, 1.54) is 17.4 Å². The molecule has 16 N–H and O–H groups in total. The molecule has 0 radical (unpaired) electrons. The number of rotatable bonds is 23. The van der Waals surface area contributed by atoms with Crippen molar-refractivity contribution >= 4 is 12.0 Å². The molecule has 5 heterocycles. The van der Waals surface area contributed by atoms with Gasteiger partial charge in [-0.15, -0.1) is 0 Å². The number of hydrogen-bond acceptors (Lipinski definition) is 26. The average molecular weight is 1070 g/mol. The van der Waals surface area contributed by atoms with Gasteiger partial charge < -0.3 is 129 Å². The molecule has 1 aromatic rings. The summed E-state index contributed by atoms with van der Waals surface area (Å²) in [4.78, 5) is 14.0.